The predicted octanol–water partition coefficient (Wildman–Crippen LogP) is 3.52. The molecule has 0 radical (unpaired) electrons. The van der Waals surface area contributed by atoms with E-state index in [-0.39, 0.29) is 13.0 Å². The summed E-state index contributed by atoms with van der Waals surface area (Å²) in [5.41, 5.74) is -4.91. The van der Waals surface area contributed by atoms with Crippen molar-refractivity contribution in [2.75, 3.05) is 0 Å². The van der Waals surface area contributed by atoms with Gasteiger partial charge in [-0.2, -0.15) is 21.6 Å². The van der Waals surface area contributed by atoms with Gasteiger partial charge in [0.05, 0.1) is 0 Å². The summed E-state index contributed by atoms with van der Waals surface area (Å²) in [7, 11) is -5.87. The number of amides is 1. The highest BCUT2D eigenvalue weighted by molar-refractivity contribution is 7.87. The lowest BCUT2D eigenvalue weighted by Crippen LogP contribution is -2.42. The second kappa shape index (κ2) is 7.34. The van der Waals surface area contributed by atoms with Gasteiger partial charge in [-0.3, -0.25) is 0 Å². The molecule has 10 heteroatoms. The predicted molar refractivity (Wildman–Crippen MR) is 81.3 cm³/mol. The van der Waals surface area contributed by atoms with Crippen molar-refractivity contribution in [3.8, 4) is 0 Å². The Kier molecular flexibility index (Phi) is 5.61. The molecule has 0 aliphatic carbocycles. The summed E-state index contributed by atoms with van der Waals surface area (Å²) >= 11 is 0. The fourth-order valence-electron chi connectivity index (χ4n) is 2.19. The molecule has 6 nitrogen and oxygen atoms in total. The summed E-state index contributed by atoms with van der Waals surface area (Å²) in [6.45, 7) is 1.45. The van der Waals surface area contributed by atoms with Gasteiger partial charge in [-0.25, -0.2) is 9.69 Å². The fourth-order valence-corrected chi connectivity index (χ4v) is 2.65. The van der Waals surface area contributed by atoms with E-state index >= 15 is 0 Å². The van der Waals surface area contributed by atoms with Crippen LogP contribution in [0.15, 0.2) is 42.3 Å². The number of hydrogen-bond acceptors (Lipinski definition) is 5. The lowest BCUT2D eigenvalue weighted by molar-refractivity contribution is -0.0543. The molecule has 138 valence electrons. The van der Waals surface area contributed by atoms with E-state index in [9.17, 15) is 26.4 Å². The summed E-state index contributed by atoms with van der Waals surface area (Å²) in [6, 6.07) is 8.07. The number of carbonyl (C=O) groups excluding carboxylic acids is 1. The number of rotatable bonds is 4. The molecule has 25 heavy (non-hydrogen) atoms. The van der Waals surface area contributed by atoms with Crippen molar-refractivity contribution in [3.63, 3.8) is 0 Å². The van der Waals surface area contributed by atoms with Crippen molar-refractivity contribution >= 4 is 16.2 Å². The molecule has 0 N–H and O–H groups in total. The van der Waals surface area contributed by atoms with Crippen molar-refractivity contribution in [1.82, 2.24) is 4.90 Å². The number of halogens is 3. The molecule has 0 saturated heterocycles. The number of ether oxygens (including phenoxy) is 1. The number of benzene rings is 1. The number of alkyl halides is 3. The quantitative estimate of drug-likeness (QED) is 0.591. The molecule has 1 unspecified atom stereocenters. The summed E-state index contributed by atoms with van der Waals surface area (Å²) in [4.78, 5) is 13.0. The van der Waals surface area contributed by atoms with Crippen LogP contribution in [0.2, 0.25) is 0 Å². The Morgan fingerprint density at radius 2 is 1.92 bits per heavy atom. The Morgan fingerprint density at radius 3 is 2.52 bits per heavy atom. The topological polar surface area (TPSA) is 72.9 Å². The van der Waals surface area contributed by atoms with Gasteiger partial charge in [-0.1, -0.05) is 30.3 Å². The van der Waals surface area contributed by atoms with Crippen LogP contribution in [0.3, 0.4) is 0 Å². The van der Waals surface area contributed by atoms with Crippen LogP contribution < -0.4 is 0 Å². The highest BCUT2D eigenvalue weighted by Gasteiger charge is 2.50. The zero-order valence-electron chi connectivity index (χ0n) is 13.2. The molecule has 1 aromatic rings. The van der Waals surface area contributed by atoms with Gasteiger partial charge in [0.25, 0.3) is 0 Å². The second-order valence-corrected chi connectivity index (χ2v) is 6.90. The van der Waals surface area contributed by atoms with Gasteiger partial charge >= 0.3 is 21.7 Å². The first-order chi connectivity index (χ1) is 11.6. The van der Waals surface area contributed by atoms with Crippen molar-refractivity contribution in [2.24, 2.45) is 0 Å². The largest absolute Gasteiger partial charge is 0.534 e. The lowest BCUT2D eigenvalue weighted by atomic mass is 10.1. The van der Waals surface area contributed by atoms with Crippen molar-refractivity contribution in [1.29, 1.82) is 0 Å². The van der Waals surface area contributed by atoms with Crippen LogP contribution in [0.5, 0.6) is 0 Å². The average Bonchev–Trinajstić information content (AvgIpc) is 2.52. The smallest absolute Gasteiger partial charge is 0.444 e. The standard InChI is InChI=1S/C15H16F3NO5S/c1-11-6-5-9-13(24-25(21,22)15(16,17)18)19(11)14(20)23-10-12-7-3-2-4-8-12/h2-4,7-9,11H,5-6,10H2,1H3. The van der Waals surface area contributed by atoms with Gasteiger partial charge in [0.15, 0.2) is 0 Å². The first-order valence-electron chi connectivity index (χ1n) is 7.32. The van der Waals surface area contributed by atoms with Crippen LogP contribution in [0, 0.1) is 0 Å². The Morgan fingerprint density at radius 1 is 1.28 bits per heavy atom. The normalized spacial score (nSPS) is 18.5. The minimum Gasteiger partial charge on any atom is -0.444 e. The maximum Gasteiger partial charge on any atom is 0.534 e. The highest BCUT2D eigenvalue weighted by atomic mass is 32.2. The van der Waals surface area contributed by atoms with Crippen LogP contribution in [0.25, 0.3) is 0 Å². The first kappa shape index (κ1) is 19.1. The van der Waals surface area contributed by atoms with E-state index in [4.69, 9.17) is 4.74 Å². The van der Waals surface area contributed by atoms with Crippen molar-refractivity contribution < 1.29 is 35.3 Å². The molecule has 1 aliphatic rings. The molecular formula is C15H16F3NO5S. The lowest BCUT2D eigenvalue weighted by Gasteiger charge is -2.32. The van der Waals surface area contributed by atoms with Gasteiger partial charge in [-0.05, 0) is 31.4 Å². The van der Waals surface area contributed by atoms with Crippen molar-refractivity contribution in [3.05, 3.63) is 47.9 Å². The molecule has 0 fully saturated rings. The molecular weight excluding hydrogens is 363 g/mol. The Bertz CT molecular complexity index is 746. The van der Waals surface area contributed by atoms with E-state index in [0.29, 0.717) is 12.0 Å². The summed E-state index contributed by atoms with van der Waals surface area (Å²) in [6.07, 6.45) is 0.832. The molecule has 0 spiro atoms. The Labute approximate surface area is 142 Å². The van der Waals surface area contributed by atoms with Gasteiger partial charge in [0.1, 0.15) is 6.61 Å². The van der Waals surface area contributed by atoms with E-state index in [1.165, 1.54) is 0 Å². The van der Waals surface area contributed by atoms with E-state index in [1.807, 2.05) is 0 Å². The SMILES string of the molecule is CC1CCC=C(OS(=O)(=O)C(F)(F)F)N1C(=O)OCc1ccccc1. The summed E-state index contributed by atoms with van der Waals surface area (Å²) in [5, 5.41) is 0. The number of carbonyl (C=O) groups is 1. The Hall–Kier alpha value is -2.23. The number of nitrogens with zero attached hydrogens (tertiary/aromatic N) is 1. The molecule has 0 bridgehead atoms. The zero-order chi connectivity index (χ0) is 18.7. The minimum absolute atomic E-state index is 0.109. The Balaban J connectivity index is 2.13. The molecule has 0 aromatic heterocycles. The fraction of sp³-hybridized carbons (Fsp3) is 0.400. The van der Waals surface area contributed by atoms with E-state index in [1.54, 1.807) is 37.3 Å². The average molecular weight is 379 g/mol. The summed E-state index contributed by atoms with van der Waals surface area (Å²) in [5.74, 6) is -0.700. The van der Waals surface area contributed by atoms with Crippen LogP contribution in [-0.2, 0) is 25.6 Å². The minimum atomic E-state index is -5.87. The van der Waals surface area contributed by atoms with Gasteiger partial charge < -0.3 is 8.92 Å². The van der Waals surface area contributed by atoms with E-state index in [2.05, 4.69) is 4.18 Å². The van der Waals surface area contributed by atoms with Crippen LogP contribution in [-0.4, -0.2) is 31.0 Å². The third kappa shape index (κ3) is 4.65. The second-order valence-electron chi connectivity index (χ2n) is 5.36. The monoisotopic (exact) mass is 379 g/mol. The molecule has 1 heterocycles. The highest BCUT2D eigenvalue weighted by Crippen LogP contribution is 2.31. The summed E-state index contributed by atoms with van der Waals surface area (Å²) < 4.78 is 69.1. The number of allylic oxidation sites excluding steroid dienone is 1. The maximum absolute atomic E-state index is 12.5. The van der Waals surface area contributed by atoms with Crippen LogP contribution >= 0.6 is 0 Å². The van der Waals surface area contributed by atoms with Crippen LogP contribution in [0.1, 0.15) is 25.3 Å². The molecule has 2 rings (SSSR count). The number of hydrogen-bond donors (Lipinski definition) is 0. The van der Waals surface area contributed by atoms with Crippen molar-refractivity contribution in [2.45, 2.75) is 37.9 Å². The van der Waals surface area contributed by atoms with E-state index in [0.717, 1.165) is 11.0 Å². The van der Waals surface area contributed by atoms with Gasteiger partial charge in [0.2, 0.25) is 5.88 Å². The maximum atomic E-state index is 12.5. The molecule has 1 aliphatic heterocycles. The first-order valence-corrected chi connectivity index (χ1v) is 8.73. The molecule has 1 atom stereocenters. The van der Waals surface area contributed by atoms with E-state index < -0.39 is 33.6 Å². The molecule has 0 saturated carbocycles. The van der Waals surface area contributed by atoms with Gasteiger partial charge in [-0.15, -0.1) is 0 Å². The third-order valence-electron chi connectivity index (χ3n) is 3.46. The third-order valence-corrected chi connectivity index (χ3v) is 4.42. The van der Waals surface area contributed by atoms with Crippen LogP contribution in [0.4, 0.5) is 18.0 Å². The van der Waals surface area contributed by atoms with Gasteiger partial charge in [0, 0.05) is 6.04 Å². The molecule has 1 amide bonds. The molecule has 1 aromatic carbocycles. The zero-order valence-corrected chi connectivity index (χ0v) is 14.0.